The number of halogens is 4. The van der Waals surface area contributed by atoms with Gasteiger partial charge in [-0.2, -0.15) is 0 Å². The van der Waals surface area contributed by atoms with Crippen LogP contribution in [0.2, 0.25) is 5.02 Å². The van der Waals surface area contributed by atoms with Gasteiger partial charge < -0.3 is 9.47 Å². The lowest BCUT2D eigenvalue weighted by Gasteiger charge is -2.20. The number of alkyl halides is 3. The Morgan fingerprint density at radius 3 is 2.30 bits per heavy atom. The van der Waals surface area contributed by atoms with E-state index in [-0.39, 0.29) is 10.7 Å². The summed E-state index contributed by atoms with van der Waals surface area (Å²) in [7, 11) is 0. The van der Waals surface area contributed by atoms with E-state index < -0.39 is 23.8 Å². The van der Waals surface area contributed by atoms with Crippen LogP contribution >= 0.6 is 11.6 Å². The molecule has 0 aliphatic rings. The van der Waals surface area contributed by atoms with E-state index in [2.05, 4.69) is 10.1 Å². The summed E-state index contributed by atoms with van der Waals surface area (Å²) in [6.45, 7) is 5.03. The first-order valence-corrected chi connectivity index (χ1v) is 5.89. The van der Waals surface area contributed by atoms with Crippen LogP contribution in [0.15, 0.2) is 18.2 Å². The van der Waals surface area contributed by atoms with Crippen molar-refractivity contribution in [1.29, 1.82) is 0 Å². The Morgan fingerprint density at radius 2 is 1.85 bits per heavy atom. The second-order valence-electron chi connectivity index (χ2n) is 4.82. The van der Waals surface area contributed by atoms with Crippen molar-refractivity contribution in [3.8, 4) is 5.75 Å². The molecule has 112 valence electrons. The molecular formula is C12H13ClF3NO3. The number of amides is 1. The van der Waals surface area contributed by atoms with Crippen molar-refractivity contribution < 1.29 is 27.4 Å². The molecule has 1 N–H and O–H groups in total. The normalized spacial score (nSPS) is 11.9. The number of hydrogen-bond acceptors (Lipinski definition) is 3. The molecule has 0 fully saturated rings. The number of hydrogen-bond donors (Lipinski definition) is 1. The van der Waals surface area contributed by atoms with Gasteiger partial charge in [0.15, 0.2) is 0 Å². The minimum absolute atomic E-state index is 0.0994. The lowest BCUT2D eigenvalue weighted by molar-refractivity contribution is -0.274. The molecule has 0 unspecified atom stereocenters. The number of rotatable bonds is 2. The lowest BCUT2D eigenvalue weighted by Crippen LogP contribution is -2.27. The Balaban J connectivity index is 2.76. The number of benzene rings is 1. The minimum atomic E-state index is -4.80. The number of ether oxygens (including phenoxy) is 2. The van der Waals surface area contributed by atoms with E-state index >= 15 is 0 Å². The summed E-state index contributed by atoms with van der Waals surface area (Å²) in [5, 5.41) is 2.23. The largest absolute Gasteiger partial charge is 0.573 e. The Bertz CT molecular complexity index is 498. The van der Waals surface area contributed by atoms with Crippen LogP contribution in [0.25, 0.3) is 0 Å². The molecule has 0 aliphatic heterocycles. The summed E-state index contributed by atoms with van der Waals surface area (Å²) in [5.74, 6) is -0.475. The fraction of sp³-hybridized carbons (Fsp3) is 0.417. The molecule has 0 spiro atoms. The van der Waals surface area contributed by atoms with E-state index in [0.29, 0.717) is 0 Å². The summed E-state index contributed by atoms with van der Waals surface area (Å²) in [5.41, 5.74) is -0.578. The van der Waals surface area contributed by atoms with Crippen molar-refractivity contribution in [2.75, 3.05) is 5.32 Å². The monoisotopic (exact) mass is 311 g/mol. The topological polar surface area (TPSA) is 47.6 Å². The molecule has 8 heteroatoms. The summed E-state index contributed by atoms with van der Waals surface area (Å²) >= 11 is 5.76. The predicted molar refractivity (Wildman–Crippen MR) is 68.0 cm³/mol. The van der Waals surface area contributed by atoms with Gasteiger partial charge in [0.1, 0.15) is 11.4 Å². The third kappa shape index (κ3) is 6.01. The molecule has 0 radical (unpaired) electrons. The highest BCUT2D eigenvalue weighted by molar-refractivity contribution is 6.33. The average Bonchev–Trinajstić information content (AvgIpc) is 2.17. The number of carbonyl (C=O) groups excluding carboxylic acids is 1. The molecule has 0 aliphatic carbocycles. The van der Waals surface area contributed by atoms with Crippen molar-refractivity contribution in [3.05, 3.63) is 23.2 Å². The quantitative estimate of drug-likeness (QED) is 0.869. The summed E-state index contributed by atoms with van der Waals surface area (Å²) in [6.07, 6.45) is -5.56. The molecule has 0 heterocycles. The second-order valence-corrected chi connectivity index (χ2v) is 5.22. The van der Waals surface area contributed by atoms with Gasteiger partial charge in [-0.15, -0.1) is 13.2 Å². The average molecular weight is 312 g/mol. The van der Waals surface area contributed by atoms with Gasteiger partial charge in [0, 0.05) is 6.07 Å². The fourth-order valence-corrected chi connectivity index (χ4v) is 1.43. The maximum absolute atomic E-state index is 12.0. The van der Waals surface area contributed by atoms with Gasteiger partial charge in [-0.05, 0) is 32.9 Å². The Hall–Kier alpha value is -1.63. The van der Waals surface area contributed by atoms with E-state index in [0.717, 1.165) is 12.1 Å². The zero-order valence-electron chi connectivity index (χ0n) is 11.0. The number of carbonyl (C=O) groups is 1. The highest BCUT2D eigenvalue weighted by atomic mass is 35.5. The van der Waals surface area contributed by atoms with Gasteiger partial charge in [-0.1, -0.05) is 11.6 Å². The highest BCUT2D eigenvalue weighted by Gasteiger charge is 2.31. The van der Waals surface area contributed by atoms with Crippen LogP contribution in [0.3, 0.4) is 0 Å². The summed E-state index contributed by atoms with van der Waals surface area (Å²) < 4.78 is 44.7. The Morgan fingerprint density at radius 1 is 1.25 bits per heavy atom. The molecule has 0 saturated heterocycles. The van der Waals surface area contributed by atoms with Gasteiger partial charge in [-0.3, -0.25) is 5.32 Å². The third-order valence-corrected chi connectivity index (χ3v) is 2.12. The van der Waals surface area contributed by atoms with Crippen molar-refractivity contribution >= 4 is 23.4 Å². The first kappa shape index (κ1) is 16.4. The molecule has 0 aromatic heterocycles. The SMILES string of the molecule is CC(C)(C)OC(=O)Nc1ccc(OC(F)(F)F)cc1Cl. The fourth-order valence-electron chi connectivity index (χ4n) is 1.21. The van der Waals surface area contributed by atoms with E-state index in [1.807, 2.05) is 0 Å². The molecular weight excluding hydrogens is 299 g/mol. The molecule has 1 amide bonds. The van der Waals surface area contributed by atoms with E-state index in [4.69, 9.17) is 16.3 Å². The van der Waals surface area contributed by atoms with Crippen LogP contribution in [-0.2, 0) is 4.74 Å². The number of anilines is 1. The third-order valence-electron chi connectivity index (χ3n) is 1.81. The molecule has 1 aromatic carbocycles. The molecule has 0 atom stereocenters. The lowest BCUT2D eigenvalue weighted by atomic mass is 10.2. The first-order valence-electron chi connectivity index (χ1n) is 5.51. The highest BCUT2D eigenvalue weighted by Crippen LogP contribution is 2.30. The van der Waals surface area contributed by atoms with Crippen LogP contribution in [-0.4, -0.2) is 18.1 Å². The van der Waals surface area contributed by atoms with Crippen molar-refractivity contribution in [2.45, 2.75) is 32.7 Å². The maximum Gasteiger partial charge on any atom is 0.573 e. The van der Waals surface area contributed by atoms with Crippen LogP contribution in [0.1, 0.15) is 20.8 Å². The van der Waals surface area contributed by atoms with Crippen molar-refractivity contribution in [1.82, 2.24) is 0 Å². The zero-order valence-corrected chi connectivity index (χ0v) is 11.7. The molecule has 0 bridgehead atoms. The van der Waals surface area contributed by atoms with Gasteiger partial charge in [0.05, 0.1) is 10.7 Å². The standard InChI is InChI=1S/C12H13ClF3NO3/c1-11(2,3)20-10(18)17-9-5-4-7(6-8(9)13)19-12(14,15)16/h4-6H,1-3H3,(H,17,18). The Kier molecular flexibility index (Phi) is 4.75. The molecule has 0 saturated carbocycles. The van der Waals surface area contributed by atoms with Gasteiger partial charge in [0.2, 0.25) is 0 Å². The molecule has 1 aromatic rings. The first-order chi connectivity index (χ1) is 8.96. The van der Waals surface area contributed by atoms with Gasteiger partial charge >= 0.3 is 12.5 Å². The Labute approximate surface area is 118 Å². The maximum atomic E-state index is 12.0. The zero-order chi connectivity index (χ0) is 15.6. The van der Waals surface area contributed by atoms with Crippen molar-refractivity contribution in [3.63, 3.8) is 0 Å². The van der Waals surface area contributed by atoms with Gasteiger partial charge in [-0.25, -0.2) is 4.79 Å². The number of nitrogens with one attached hydrogen (secondary N) is 1. The van der Waals surface area contributed by atoms with Crippen LogP contribution in [0.4, 0.5) is 23.7 Å². The second kappa shape index (κ2) is 5.78. The van der Waals surface area contributed by atoms with Crippen molar-refractivity contribution in [2.24, 2.45) is 0 Å². The summed E-state index contributed by atoms with van der Waals surface area (Å²) in [4.78, 5) is 11.5. The van der Waals surface area contributed by atoms with E-state index in [1.54, 1.807) is 20.8 Å². The molecule has 1 rings (SSSR count). The predicted octanol–water partition coefficient (Wildman–Crippen LogP) is 4.59. The minimum Gasteiger partial charge on any atom is -0.444 e. The van der Waals surface area contributed by atoms with Gasteiger partial charge in [0.25, 0.3) is 0 Å². The van der Waals surface area contributed by atoms with E-state index in [1.165, 1.54) is 6.07 Å². The van der Waals surface area contributed by atoms with Crippen LogP contribution < -0.4 is 10.1 Å². The van der Waals surface area contributed by atoms with E-state index in [9.17, 15) is 18.0 Å². The van der Waals surface area contributed by atoms with Crippen LogP contribution in [0, 0.1) is 0 Å². The molecule has 20 heavy (non-hydrogen) atoms. The summed E-state index contributed by atoms with van der Waals surface area (Å²) in [6, 6.07) is 3.17. The van der Waals surface area contributed by atoms with Crippen LogP contribution in [0.5, 0.6) is 5.75 Å². The smallest absolute Gasteiger partial charge is 0.444 e. The molecule has 4 nitrogen and oxygen atoms in total.